The quantitative estimate of drug-likeness (QED) is 0.293. The molecule has 2 N–H and O–H groups in total. The molecule has 1 amide bonds. The molecule has 0 bridgehead atoms. The van der Waals surface area contributed by atoms with E-state index in [1.165, 1.54) is 0 Å². The van der Waals surface area contributed by atoms with Crippen molar-refractivity contribution in [1.82, 2.24) is 5.32 Å². The molecular weight excluding hydrogens is 204 g/mol. The van der Waals surface area contributed by atoms with Crippen molar-refractivity contribution < 1.29 is 24.3 Å². The summed E-state index contributed by atoms with van der Waals surface area (Å²) >= 11 is 0. The Morgan fingerprint density at radius 1 is 1.60 bits per heavy atom. The number of amides is 1. The van der Waals surface area contributed by atoms with Gasteiger partial charge in [0.1, 0.15) is 6.04 Å². The Bertz CT molecular complexity index is 272. The van der Waals surface area contributed by atoms with Crippen molar-refractivity contribution in [3.63, 3.8) is 0 Å². The van der Waals surface area contributed by atoms with Crippen molar-refractivity contribution in [1.29, 1.82) is 0 Å². The lowest BCUT2D eigenvalue weighted by Crippen LogP contribution is -2.40. The Morgan fingerprint density at radius 3 is 2.73 bits per heavy atom. The summed E-state index contributed by atoms with van der Waals surface area (Å²) in [6.07, 6.45) is 1.68. The first kappa shape index (κ1) is 13.1. The number of hydrogen-bond donors (Lipinski definition) is 2. The first-order valence-corrected chi connectivity index (χ1v) is 4.39. The number of aliphatic carboxylic acids is 1. The number of hydrogen-bond acceptors (Lipinski definition) is 5. The van der Waals surface area contributed by atoms with Crippen LogP contribution in [-0.4, -0.2) is 29.3 Å². The molecule has 0 spiro atoms. The van der Waals surface area contributed by atoms with Crippen molar-refractivity contribution in [3.8, 4) is 0 Å². The van der Waals surface area contributed by atoms with Gasteiger partial charge in [0.25, 0.3) is 6.08 Å². The summed E-state index contributed by atoms with van der Waals surface area (Å²) < 4.78 is 0. The van der Waals surface area contributed by atoms with E-state index in [4.69, 9.17) is 5.11 Å². The van der Waals surface area contributed by atoms with Gasteiger partial charge in [0, 0.05) is 5.16 Å². The van der Waals surface area contributed by atoms with Gasteiger partial charge < -0.3 is 10.4 Å². The minimum Gasteiger partial charge on any atom is -0.480 e. The summed E-state index contributed by atoms with van der Waals surface area (Å²) in [5.74, 6) is -1.16. The van der Waals surface area contributed by atoms with Gasteiger partial charge in [-0.15, -0.1) is 0 Å². The van der Waals surface area contributed by atoms with Crippen LogP contribution in [0.2, 0.25) is 0 Å². The van der Waals surface area contributed by atoms with Crippen LogP contribution in [0.4, 0.5) is 4.79 Å². The van der Waals surface area contributed by atoms with Crippen LogP contribution in [0.5, 0.6) is 0 Å². The summed E-state index contributed by atoms with van der Waals surface area (Å²) in [5, 5.41) is 13.3. The molecule has 1 atom stereocenters. The van der Waals surface area contributed by atoms with E-state index in [9.17, 15) is 14.4 Å². The third-order valence-electron chi connectivity index (χ3n) is 1.60. The van der Waals surface area contributed by atoms with Crippen molar-refractivity contribution in [2.75, 3.05) is 0 Å². The fraction of sp³-hybridized carbons (Fsp3) is 0.625. The molecule has 0 saturated carbocycles. The smallest absolute Gasteiger partial charge is 0.434 e. The number of nitrogens with zero attached hydrogens (tertiary/aromatic N) is 1. The van der Waals surface area contributed by atoms with Crippen molar-refractivity contribution in [2.45, 2.75) is 32.2 Å². The predicted octanol–water partition coefficient (Wildman–Crippen LogP) is 0.607. The highest BCUT2D eigenvalue weighted by molar-refractivity contribution is 5.79. The fourth-order valence-corrected chi connectivity index (χ4v) is 0.894. The van der Waals surface area contributed by atoms with Crippen LogP contribution in [-0.2, 0) is 14.4 Å². The fourth-order valence-electron chi connectivity index (χ4n) is 0.894. The minimum absolute atomic E-state index is 0.297. The van der Waals surface area contributed by atoms with Gasteiger partial charge >= 0.3 is 12.1 Å². The van der Waals surface area contributed by atoms with E-state index in [0.29, 0.717) is 12.8 Å². The van der Waals surface area contributed by atoms with Crippen LogP contribution in [0, 0.1) is 0 Å². The molecule has 0 aliphatic rings. The van der Waals surface area contributed by atoms with Crippen molar-refractivity contribution in [2.24, 2.45) is 5.16 Å². The zero-order valence-electron chi connectivity index (χ0n) is 8.23. The second-order valence-electron chi connectivity index (χ2n) is 2.74. The van der Waals surface area contributed by atoms with E-state index in [1.807, 2.05) is 6.92 Å². The summed E-state index contributed by atoms with van der Waals surface area (Å²) in [7, 11) is 0. The van der Waals surface area contributed by atoms with Gasteiger partial charge in [0.2, 0.25) is 0 Å². The molecular formula is C8H12N2O5. The Morgan fingerprint density at radius 2 is 2.27 bits per heavy atom. The molecule has 0 rings (SSSR count). The molecule has 0 aromatic rings. The standard InChI is InChI=1S/C8H12N2O5/c1-2-3-4-6(7(12)13)10-8(14)15-9-5-11/h6H,2-4H2,1H3,(H,10,14)(H,12,13). The van der Waals surface area contributed by atoms with Crippen LogP contribution < -0.4 is 5.32 Å². The van der Waals surface area contributed by atoms with Gasteiger partial charge in [-0.3, -0.25) is 4.84 Å². The largest absolute Gasteiger partial charge is 0.480 e. The number of carbonyl (C=O) groups is 2. The van der Waals surface area contributed by atoms with Gasteiger partial charge in [0.15, 0.2) is 0 Å². The Labute approximate surface area is 86.1 Å². The van der Waals surface area contributed by atoms with Crippen LogP contribution in [0.3, 0.4) is 0 Å². The topological polar surface area (TPSA) is 105 Å². The maximum absolute atomic E-state index is 10.8. The third-order valence-corrected chi connectivity index (χ3v) is 1.60. The Hall–Kier alpha value is -1.88. The van der Waals surface area contributed by atoms with E-state index < -0.39 is 18.1 Å². The number of carbonyl (C=O) groups excluding carboxylic acids is 2. The molecule has 1 unspecified atom stereocenters. The van der Waals surface area contributed by atoms with E-state index in [0.717, 1.165) is 12.5 Å². The summed E-state index contributed by atoms with van der Waals surface area (Å²) in [5.41, 5.74) is 0. The molecule has 7 heteroatoms. The number of isocyanates is 1. The Balaban J connectivity index is 4.09. The Kier molecular flexibility index (Phi) is 6.57. The number of carboxylic acids is 1. The van der Waals surface area contributed by atoms with Crippen LogP contribution >= 0.6 is 0 Å². The van der Waals surface area contributed by atoms with Gasteiger partial charge in [-0.1, -0.05) is 19.8 Å². The number of rotatable bonds is 6. The van der Waals surface area contributed by atoms with E-state index in [-0.39, 0.29) is 0 Å². The average molecular weight is 216 g/mol. The second kappa shape index (κ2) is 7.52. The van der Waals surface area contributed by atoms with E-state index in [2.05, 4.69) is 15.3 Å². The van der Waals surface area contributed by atoms with Crippen LogP contribution in [0.15, 0.2) is 5.16 Å². The summed E-state index contributed by atoms with van der Waals surface area (Å²) in [4.78, 5) is 35.0. The monoisotopic (exact) mass is 216 g/mol. The normalized spacial score (nSPS) is 11.0. The molecule has 15 heavy (non-hydrogen) atoms. The molecule has 7 nitrogen and oxygen atoms in total. The highest BCUT2D eigenvalue weighted by Crippen LogP contribution is 2.01. The van der Waals surface area contributed by atoms with Gasteiger partial charge in [-0.2, -0.15) is 0 Å². The highest BCUT2D eigenvalue weighted by Gasteiger charge is 2.19. The third kappa shape index (κ3) is 6.23. The zero-order valence-corrected chi connectivity index (χ0v) is 8.23. The molecule has 0 aliphatic heterocycles. The summed E-state index contributed by atoms with van der Waals surface area (Å²) in [6, 6.07) is -1.03. The lowest BCUT2D eigenvalue weighted by Gasteiger charge is -2.11. The van der Waals surface area contributed by atoms with Gasteiger partial charge in [0.05, 0.1) is 0 Å². The zero-order chi connectivity index (χ0) is 11.7. The molecule has 0 aromatic carbocycles. The average Bonchev–Trinajstić information content (AvgIpc) is 2.20. The predicted molar refractivity (Wildman–Crippen MR) is 48.7 cm³/mol. The van der Waals surface area contributed by atoms with Gasteiger partial charge in [-0.25, -0.2) is 14.4 Å². The number of carboxylic acid groups (broad SMARTS) is 1. The first-order valence-electron chi connectivity index (χ1n) is 4.39. The molecule has 0 fully saturated rings. The van der Waals surface area contributed by atoms with Crippen LogP contribution in [0.1, 0.15) is 26.2 Å². The molecule has 84 valence electrons. The number of nitrogens with one attached hydrogen (secondary N) is 1. The van der Waals surface area contributed by atoms with E-state index >= 15 is 0 Å². The second-order valence-corrected chi connectivity index (χ2v) is 2.74. The maximum Gasteiger partial charge on any atom is 0.434 e. The molecule has 0 aromatic heterocycles. The lowest BCUT2D eigenvalue weighted by molar-refractivity contribution is -0.139. The highest BCUT2D eigenvalue weighted by atomic mass is 16.7. The summed E-state index contributed by atoms with van der Waals surface area (Å²) in [6.45, 7) is 1.90. The minimum atomic E-state index is -1.16. The van der Waals surface area contributed by atoms with Crippen molar-refractivity contribution >= 4 is 18.1 Å². The molecule has 0 saturated heterocycles. The molecule has 0 heterocycles. The number of unbranched alkanes of at least 4 members (excludes halogenated alkanes) is 1. The first-order chi connectivity index (χ1) is 7.11. The SMILES string of the molecule is CCCCC(NC(=O)ON=C=O)C(=O)O. The van der Waals surface area contributed by atoms with Crippen molar-refractivity contribution in [3.05, 3.63) is 0 Å². The molecule has 0 aliphatic carbocycles. The van der Waals surface area contributed by atoms with E-state index in [1.54, 1.807) is 0 Å². The lowest BCUT2D eigenvalue weighted by atomic mass is 10.1. The van der Waals surface area contributed by atoms with Crippen LogP contribution in [0.25, 0.3) is 0 Å². The van der Waals surface area contributed by atoms with Gasteiger partial charge in [-0.05, 0) is 6.42 Å². The maximum atomic E-state index is 10.8. The molecule has 0 radical (unpaired) electrons.